The highest BCUT2D eigenvalue weighted by Gasteiger charge is 2.30. The lowest BCUT2D eigenvalue weighted by Gasteiger charge is -2.33. The molecule has 1 aliphatic rings. The molecule has 4 heteroatoms. The Morgan fingerprint density at radius 2 is 1.76 bits per heavy atom. The predicted octanol–water partition coefficient (Wildman–Crippen LogP) is 6.23. The number of carboxylic acids is 1. The Hall–Kier alpha value is -3.63. The van der Waals surface area contributed by atoms with Crippen LogP contribution in [0.25, 0.3) is 10.8 Å². The van der Waals surface area contributed by atoms with E-state index >= 15 is 0 Å². The molecular weight excluding hydrogens is 422 g/mol. The fraction of sp³-hybridized carbons (Fsp3) is 0.233. The van der Waals surface area contributed by atoms with Gasteiger partial charge in [-0.15, -0.1) is 0 Å². The number of carbonyl (C=O) groups is 1. The van der Waals surface area contributed by atoms with Gasteiger partial charge in [0.1, 0.15) is 11.9 Å². The summed E-state index contributed by atoms with van der Waals surface area (Å²) in [5, 5.41) is 15.8. The van der Waals surface area contributed by atoms with Gasteiger partial charge in [-0.2, -0.15) is 0 Å². The fourth-order valence-electron chi connectivity index (χ4n) is 5.06. The zero-order chi connectivity index (χ0) is 23.7. The van der Waals surface area contributed by atoms with Crippen molar-refractivity contribution in [3.8, 4) is 5.75 Å². The quantitative estimate of drug-likeness (QED) is 0.365. The summed E-state index contributed by atoms with van der Waals surface area (Å²) in [5.41, 5.74) is 5.63. The van der Waals surface area contributed by atoms with Gasteiger partial charge < -0.3 is 15.2 Å². The molecule has 5 rings (SSSR count). The summed E-state index contributed by atoms with van der Waals surface area (Å²) in [4.78, 5) is 11.9. The lowest BCUT2D eigenvalue weighted by Crippen LogP contribution is -2.35. The van der Waals surface area contributed by atoms with Gasteiger partial charge >= 0.3 is 5.97 Å². The zero-order valence-corrected chi connectivity index (χ0v) is 19.5. The van der Waals surface area contributed by atoms with Crippen LogP contribution in [0.15, 0.2) is 78.9 Å². The lowest BCUT2D eigenvalue weighted by atomic mass is 9.82. The monoisotopic (exact) mass is 451 g/mol. The van der Waals surface area contributed by atoms with Crippen LogP contribution >= 0.6 is 0 Å². The molecule has 0 fully saturated rings. The molecule has 0 amide bonds. The zero-order valence-electron chi connectivity index (χ0n) is 19.5. The van der Waals surface area contributed by atoms with Gasteiger partial charge in [0.15, 0.2) is 0 Å². The van der Waals surface area contributed by atoms with Crippen LogP contribution in [-0.2, 0) is 6.54 Å². The largest absolute Gasteiger partial charge is 0.489 e. The molecule has 2 atom stereocenters. The van der Waals surface area contributed by atoms with Crippen LogP contribution in [0, 0.1) is 13.8 Å². The average molecular weight is 452 g/mol. The highest BCUT2D eigenvalue weighted by atomic mass is 16.5. The minimum Gasteiger partial charge on any atom is -0.489 e. The lowest BCUT2D eigenvalue weighted by molar-refractivity contribution is 0.0696. The second-order valence-electron chi connectivity index (χ2n) is 9.15. The molecule has 4 nitrogen and oxygen atoms in total. The summed E-state index contributed by atoms with van der Waals surface area (Å²) in [6.45, 7) is 5.34. The van der Waals surface area contributed by atoms with Gasteiger partial charge in [0.2, 0.25) is 0 Å². The third-order valence-corrected chi connectivity index (χ3v) is 6.98. The van der Waals surface area contributed by atoms with Crippen LogP contribution < -0.4 is 10.1 Å². The van der Waals surface area contributed by atoms with Gasteiger partial charge in [-0.05, 0) is 65.4 Å². The third-order valence-electron chi connectivity index (χ3n) is 6.98. The van der Waals surface area contributed by atoms with Crippen LogP contribution in [0.1, 0.15) is 50.5 Å². The van der Waals surface area contributed by atoms with Crippen molar-refractivity contribution < 1.29 is 14.6 Å². The molecule has 1 aliphatic heterocycles. The van der Waals surface area contributed by atoms with E-state index < -0.39 is 5.97 Å². The second-order valence-corrected chi connectivity index (χ2v) is 9.15. The summed E-state index contributed by atoms with van der Waals surface area (Å²) in [6.07, 6.45) is 0.783. The summed E-state index contributed by atoms with van der Waals surface area (Å²) >= 11 is 0. The van der Waals surface area contributed by atoms with Crippen molar-refractivity contribution >= 4 is 16.7 Å². The molecule has 2 N–H and O–H groups in total. The van der Waals surface area contributed by atoms with E-state index in [1.165, 1.54) is 16.3 Å². The maximum absolute atomic E-state index is 11.9. The average Bonchev–Trinajstić information content (AvgIpc) is 2.85. The smallest absolute Gasteiger partial charge is 0.335 e. The number of fused-ring (bicyclic) bond motifs is 2. The molecule has 0 spiro atoms. The number of aryl methyl sites for hydroxylation is 1. The summed E-state index contributed by atoms with van der Waals surface area (Å²) in [7, 11) is 0. The fourth-order valence-corrected chi connectivity index (χ4v) is 5.06. The molecule has 0 saturated carbocycles. The van der Waals surface area contributed by atoms with Crippen molar-refractivity contribution in [1.29, 1.82) is 0 Å². The Morgan fingerprint density at radius 3 is 2.62 bits per heavy atom. The van der Waals surface area contributed by atoms with E-state index in [1.54, 1.807) is 0 Å². The van der Waals surface area contributed by atoms with E-state index in [-0.39, 0.29) is 12.0 Å². The van der Waals surface area contributed by atoms with Gasteiger partial charge in [0.25, 0.3) is 0 Å². The van der Waals surface area contributed by atoms with E-state index in [4.69, 9.17) is 4.74 Å². The Kier molecular flexibility index (Phi) is 6.08. The van der Waals surface area contributed by atoms with Crippen LogP contribution in [0.3, 0.4) is 0 Å². The molecule has 34 heavy (non-hydrogen) atoms. The normalized spacial score (nSPS) is 17.2. The molecule has 1 heterocycles. The van der Waals surface area contributed by atoms with Gasteiger partial charge in [0, 0.05) is 24.6 Å². The summed E-state index contributed by atoms with van der Waals surface area (Å²) < 4.78 is 6.36. The molecule has 0 aliphatic carbocycles. The first-order valence-corrected chi connectivity index (χ1v) is 11.8. The topological polar surface area (TPSA) is 58.6 Å². The number of nitrogens with one attached hydrogen (secondary N) is 1. The molecular formula is C30H29NO3. The first kappa shape index (κ1) is 22.2. The predicted molar refractivity (Wildman–Crippen MR) is 136 cm³/mol. The molecule has 4 aromatic rings. The number of aromatic carboxylic acids is 1. The number of benzene rings is 4. The Morgan fingerprint density at radius 1 is 1.00 bits per heavy atom. The Balaban J connectivity index is 1.38. The highest BCUT2D eigenvalue weighted by molar-refractivity contribution is 5.90. The SMILES string of the molecule is Cc1cc(C2CC(CNCc3cccc4ccccc34)Oc3ccccc32)cc(C(=O)O)c1C. The number of ether oxygens (including phenoxy) is 1. The highest BCUT2D eigenvalue weighted by Crippen LogP contribution is 2.41. The van der Waals surface area contributed by atoms with Gasteiger partial charge in [-0.25, -0.2) is 4.79 Å². The van der Waals surface area contributed by atoms with Crippen molar-refractivity contribution in [3.05, 3.63) is 112 Å². The number of para-hydroxylation sites is 1. The summed E-state index contributed by atoms with van der Waals surface area (Å²) in [5.74, 6) is 0.0913. The van der Waals surface area contributed by atoms with Gasteiger partial charge in [0.05, 0.1) is 5.56 Å². The number of carboxylic acid groups (broad SMARTS) is 1. The van der Waals surface area contributed by atoms with E-state index in [0.717, 1.165) is 41.0 Å². The van der Waals surface area contributed by atoms with Crippen molar-refractivity contribution in [1.82, 2.24) is 5.32 Å². The van der Waals surface area contributed by atoms with E-state index in [2.05, 4.69) is 59.9 Å². The Bertz CT molecular complexity index is 1360. The van der Waals surface area contributed by atoms with Gasteiger partial charge in [-0.3, -0.25) is 0 Å². The van der Waals surface area contributed by atoms with Crippen molar-refractivity contribution in [3.63, 3.8) is 0 Å². The first-order valence-electron chi connectivity index (χ1n) is 11.8. The number of rotatable bonds is 6. The minimum atomic E-state index is -0.879. The number of hydrogen-bond acceptors (Lipinski definition) is 3. The molecule has 0 bridgehead atoms. The third kappa shape index (κ3) is 4.29. The van der Waals surface area contributed by atoms with E-state index in [9.17, 15) is 9.90 Å². The standard InChI is InChI=1S/C30H29NO3/c1-19-14-23(15-27(20(19)2)30(32)33)28-16-24(34-29-13-6-5-12-26(28)29)18-31-17-22-10-7-9-21-8-3-4-11-25(21)22/h3-15,24,28,31H,16-18H2,1-2H3,(H,32,33). The minimum absolute atomic E-state index is 0.00948. The second kappa shape index (κ2) is 9.32. The van der Waals surface area contributed by atoms with Crippen LogP contribution in [0.5, 0.6) is 5.75 Å². The summed E-state index contributed by atoms with van der Waals surface area (Å²) in [6, 6.07) is 26.9. The molecule has 0 radical (unpaired) electrons. The maximum Gasteiger partial charge on any atom is 0.335 e. The van der Waals surface area contributed by atoms with Crippen LogP contribution in [0.2, 0.25) is 0 Å². The Labute approximate surface area is 200 Å². The van der Waals surface area contributed by atoms with E-state index in [0.29, 0.717) is 12.1 Å². The van der Waals surface area contributed by atoms with Crippen LogP contribution in [-0.4, -0.2) is 23.7 Å². The van der Waals surface area contributed by atoms with Crippen molar-refractivity contribution in [2.75, 3.05) is 6.54 Å². The maximum atomic E-state index is 11.9. The first-order chi connectivity index (χ1) is 16.5. The molecule has 172 valence electrons. The number of hydrogen-bond donors (Lipinski definition) is 2. The molecule has 4 aromatic carbocycles. The van der Waals surface area contributed by atoms with Crippen molar-refractivity contribution in [2.45, 2.75) is 38.8 Å². The van der Waals surface area contributed by atoms with Gasteiger partial charge in [-0.1, -0.05) is 66.7 Å². The molecule has 0 saturated heterocycles. The van der Waals surface area contributed by atoms with E-state index in [1.807, 2.05) is 38.1 Å². The van der Waals surface area contributed by atoms with Crippen molar-refractivity contribution in [2.24, 2.45) is 0 Å². The molecule has 2 unspecified atom stereocenters. The molecule has 0 aromatic heterocycles. The van der Waals surface area contributed by atoms with Crippen LogP contribution in [0.4, 0.5) is 0 Å².